The van der Waals surface area contributed by atoms with E-state index in [4.69, 9.17) is 0 Å². The number of nitro groups is 2. The third-order valence-electron chi connectivity index (χ3n) is 19.4. The van der Waals surface area contributed by atoms with E-state index in [2.05, 4.69) is 255 Å². The highest BCUT2D eigenvalue weighted by Gasteiger charge is 2.49. The fourth-order valence-electron chi connectivity index (χ4n) is 15.2. The summed E-state index contributed by atoms with van der Waals surface area (Å²) in [7, 11) is 0. The molecule has 0 bridgehead atoms. The molecule has 0 spiro atoms. The van der Waals surface area contributed by atoms with E-state index >= 15 is 0 Å². The molecule has 9 aromatic carbocycles. The molecule has 0 N–H and O–H groups in total. The lowest BCUT2D eigenvalue weighted by Crippen LogP contribution is -2.29. The number of fused-ring (bicyclic) bond motifs is 8. The Labute approximate surface area is 527 Å². The van der Waals surface area contributed by atoms with Gasteiger partial charge in [0, 0.05) is 117 Å². The number of nitro benzene ring substituents is 2. The number of anilines is 2. The third-order valence-corrected chi connectivity index (χ3v) is 19.4. The van der Waals surface area contributed by atoms with E-state index in [0.29, 0.717) is 25.9 Å². The van der Waals surface area contributed by atoms with Crippen molar-refractivity contribution in [3.63, 3.8) is 0 Å². The largest absolute Gasteiger partial charge is 0.320 e. The topological polar surface area (TPSA) is 98.8 Å². The molecule has 10 nitrogen and oxygen atoms in total. The minimum Gasteiger partial charge on any atom is -0.320 e. The molecule has 4 heterocycles. The van der Waals surface area contributed by atoms with Gasteiger partial charge in [-0.1, -0.05) is 158 Å². The average molecular weight is 1180 g/mol. The Kier molecular flexibility index (Phi) is 15.0. The fraction of sp³-hybridized carbons (Fsp3) is 0.200. The Morgan fingerprint density at radius 2 is 0.822 bits per heavy atom. The van der Waals surface area contributed by atoms with Crippen molar-refractivity contribution in [2.24, 2.45) is 0 Å². The van der Waals surface area contributed by atoms with E-state index < -0.39 is 10.8 Å². The lowest BCUT2D eigenvalue weighted by atomic mass is 9.76. The van der Waals surface area contributed by atoms with Gasteiger partial charge in [-0.2, -0.15) is 9.15 Å². The van der Waals surface area contributed by atoms with Gasteiger partial charge in [-0.15, -0.1) is 0 Å². The average Bonchev–Trinajstić information content (AvgIpc) is 1.61. The maximum atomic E-state index is 12.3. The van der Waals surface area contributed by atoms with Crippen molar-refractivity contribution in [2.45, 2.75) is 103 Å². The number of hydrogen-bond acceptors (Lipinski definition) is 6. The summed E-state index contributed by atoms with van der Waals surface area (Å²) in [5.74, 6) is 0. The molecule has 0 aromatic heterocycles. The third kappa shape index (κ3) is 10.0. The highest BCUT2D eigenvalue weighted by molar-refractivity contribution is 6.09. The Bertz CT molecular complexity index is 4360. The van der Waals surface area contributed by atoms with Gasteiger partial charge in [0.2, 0.25) is 11.4 Å². The summed E-state index contributed by atoms with van der Waals surface area (Å²) in [4.78, 5) is 28.4. The van der Waals surface area contributed by atoms with Crippen LogP contribution in [0.15, 0.2) is 267 Å². The van der Waals surface area contributed by atoms with Crippen LogP contribution in [0.2, 0.25) is 0 Å². The van der Waals surface area contributed by atoms with Crippen LogP contribution in [0.3, 0.4) is 0 Å². The predicted molar refractivity (Wildman–Crippen MR) is 368 cm³/mol. The first-order chi connectivity index (χ1) is 43.4. The molecule has 0 saturated carbocycles. The molecule has 4 aliphatic rings. The summed E-state index contributed by atoms with van der Waals surface area (Å²) >= 11 is 0. The second-order valence-corrected chi connectivity index (χ2v) is 25.8. The summed E-state index contributed by atoms with van der Waals surface area (Å²) in [6, 6.07) is 66.9. The molecular weight excluding hydrogens is 1110 g/mol. The van der Waals surface area contributed by atoms with Crippen LogP contribution in [0.1, 0.15) is 99.9 Å². The van der Waals surface area contributed by atoms with Gasteiger partial charge in [0.25, 0.3) is 11.4 Å². The lowest BCUT2D eigenvalue weighted by molar-refractivity contribution is -0.455. The van der Waals surface area contributed by atoms with Gasteiger partial charge in [0.15, 0.2) is 24.5 Å². The number of allylic oxidation sites excluding steroid dienone is 10. The Balaban J connectivity index is 0.884. The minimum atomic E-state index is -0.591. The molecule has 90 heavy (non-hydrogen) atoms. The van der Waals surface area contributed by atoms with Gasteiger partial charge in [0.1, 0.15) is 0 Å². The standard InChI is InChI=1S/C80H74N6O4/c1-9-47-81-67-45-41-61(85(87)88)49-65(67)79(7,51-55-23-13-11-14-24-55)73(81)33-21-31-71-77(3,4)75-63-29-19-17-27-59(63)39-43-69(75)83(71)53-57-35-37-58(38-36-57)54-84-70-44-40-60-28-18-20-30-64(60)76(70)78(5,6)72(84)32-22-34-74-80(8,52-56-25-15-12-16-26-56)66-50-62(86(89)90)42-46-68(66)82(74)48-10-2/h9-50H,51-54H2,1-8H3/q+2. The second-order valence-electron chi connectivity index (χ2n) is 25.8. The van der Waals surface area contributed by atoms with E-state index in [1.165, 1.54) is 66.6 Å². The van der Waals surface area contributed by atoms with E-state index in [-0.39, 0.29) is 32.1 Å². The molecule has 0 aliphatic carbocycles. The molecule has 13 rings (SSSR count). The van der Waals surface area contributed by atoms with Crippen LogP contribution in [-0.4, -0.2) is 30.4 Å². The van der Waals surface area contributed by atoms with Gasteiger partial charge >= 0.3 is 0 Å². The van der Waals surface area contributed by atoms with Crippen molar-refractivity contribution in [2.75, 3.05) is 9.80 Å². The first-order valence-corrected chi connectivity index (χ1v) is 31.1. The van der Waals surface area contributed by atoms with Crippen molar-refractivity contribution in [3.8, 4) is 0 Å². The van der Waals surface area contributed by atoms with Crippen molar-refractivity contribution >= 4 is 67.1 Å². The highest BCUT2D eigenvalue weighted by Crippen LogP contribution is 2.54. The van der Waals surface area contributed by atoms with Crippen LogP contribution in [0.25, 0.3) is 21.5 Å². The Morgan fingerprint density at radius 1 is 0.444 bits per heavy atom. The normalized spacial score (nSPS) is 19.9. The van der Waals surface area contributed by atoms with Gasteiger partial charge in [-0.25, -0.2) is 0 Å². The molecule has 0 fully saturated rings. The predicted octanol–water partition coefficient (Wildman–Crippen LogP) is 19.0. The number of hydrogen-bond donors (Lipinski definition) is 0. The molecule has 9 aromatic rings. The second kappa shape index (κ2) is 23.0. The smallest absolute Gasteiger partial charge is 0.269 e. The summed E-state index contributed by atoms with van der Waals surface area (Å²) in [6.45, 7) is 19.1. The molecular formula is C80H74N6O4+2. The van der Waals surface area contributed by atoms with Crippen molar-refractivity contribution in [1.29, 1.82) is 0 Å². The SMILES string of the molecule is CC=CN1C(=CC=CC2=[N+](Cc3ccc(C[N+]4=C(C=CC=C5N(C=CC)c6ccc([N+](=O)[O-])cc6C5(C)Cc5ccccc5)C(C)(C)c5c4ccc4ccccc54)cc3)c3ccc4ccccc4c3C2(C)C)C(C)(Cc2ccccc2)c2cc([N+](=O)[O-])ccc21. The molecule has 10 heteroatoms. The van der Waals surface area contributed by atoms with Crippen molar-refractivity contribution in [1.82, 2.24) is 0 Å². The van der Waals surface area contributed by atoms with Gasteiger partial charge in [0.05, 0.1) is 20.7 Å². The monoisotopic (exact) mass is 1180 g/mol. The van der Waals surface area contributed by atoms with Gasteiger partial charge in [-0.3, -0.25) is 20.2 Å². The summed E-state index contributed by atoms with van der Waals surface area (Å²) in [5, 5.41) is 29.4. The fourth-order valence-corrected chi connectivity index (χ4v) is 15.2. The van der Waals surface area contributed by atoms with Crippen LogP contribution in [-0.2, 0) is 47.6 Å². The molecule has 0 saturated heterocycles. The van der Waals surface area contributed by atoms with Crippen LogP contribution in [0.4, 0.5) is 34.1 Å². The highest BCUT2D eigenvalue weighted by atomic mass is 16.6. The maximum Gasteiger partial charge on any atom is 0.269 e. The number of nitrogens with zero attached hydrogens (tertiary/aromatic N) is 6. The lowest BCUT2D eigenvalue weighted by Gasteiger charge is -2.29. The Hall–Kier alpha value is -10.3. The quantitative estimate of drug-likeness (QED) is 0.0543. The van der Waals surface area contributed by atoms with E-state index in [9.17, 15) is 20.2 Å². The van der Waals surface area contributed by atoms with Gasteiger partial charge in [-0.05, 0) is 148 Å². The zero-order chi connectivity index (χ0) is 62.7. The molecule has 2 atom stereocenters. The Morgan fingerprint density at radius 3 is 1.20 bits per heavy atom. The maximum absolute atomic E-state index is 12.3. The van der Waals surface area contributed by atoms with E-state index in [1.807, 2.05) is 50.3 Å². The molecule has 0 amide bonds. The van der Waals surface area contributed by atoms with Crippen LogP contribution >= 0.6 is 0 Å². The molecule has 2 unspecified atom stereocenters. The van der Waals surface area contributed by atoms with Crippen molar-refractivity contribution in [3.05, 3.63) is 331 Å². The number of non-ortho nitro benzene ring substituents is 2. The van der Waals surface area contributed by atoms with E-state index in [0.717, 1.165) is 45.0 Å². The van der Waals surface area contributed by atoms with Gasteiger partial charge < -0.3 is 9.80 Å². The number of rotatable bonds is 16. The van der Waals surface area contributed by atoms with Crippen LogP contribution in [0, 0.1) is 20.2 Å². The molecule has 446 valence electrons. The summed E-state index contributed by atoms with van der Waals surface area (Å²) in [5.41, 5.74) is 16.0. The van der Waals surface area contributed by atoms with Crippen LogP contribution in [0.5, 0.6) is 0 Å². The summed E-state index contributed by atoms with van der Waals surface area (Å²) < 4.78 is 4.99. The molecule has 4 aliphatic heterocycles. The minimum absolute atomic E-state index is 0.0803. The zero-order valence-corrected chi connectivity index (χ0v) is 52.4. The zero-order valence-electron chi connectivity index (χ0n) is 52.4. The van der Waals surface area contributed by atoms with Crippen LogP contribution < -0.4 is 9.80 Å². The molecule has 0 radical (unpaired) electrons. The first-order valence-electron chi connectivity index (χ1n) is 31.1. The van der Waals surface area contributed by atoms with E-state index in [1.54, 1.807) is 24.3 Å². The number of benzene rings is 9. The summed E-state index contributed by atoms with van der Waals surface area (Å²) in [6.07, 6.45) is 22.9. The van der Waals surface area contributed by atoms with Crippen molar-refractivity contribution < 1.29 is 19.0 Å². The first kappa shape index (κ1) is 58.7.